The molecule has 36 heavy (non-hydrogen) atoms. The molecule has 1 amide bonds. The quantitative estimate of drug-likeness (QED) is 0.376. The van der Waals surface area contributed by atoms with Gasteiger partial charge in [-0.05, 0) is 55.7 Å². The molecule has 2 heterocycles. The van der Waals surface area contributed by atoms with E-state index in [1.165, 1.54) is 37.5 Å². The predicted molar refractivity (Wildman–Crippen MR) is 136 cm³/mol. The van der Waals surface area contributed by atoms with Crippen molar-refractivity contribution in [2.24, 2.45) is 0 Å². The zero-order chi connectivity index (χ0) is 26.0. The Labute approximate surface area is 209 Å². The molecule has 10 nitrogen and oxygen atoms in total. The number of carbonyl (C=O) groups excluding carboxylic acids is 1. The van der Waals surface area contributed by atoms with Crippen molar-refractivity contribution in [3.8, 4) is 22.8 Å². The molecule has 1 aliphatic heterocycles. The van der Waals surface area contributed by atoms with Crippen molar-refractivity contribution < 1.29 is 19.2 Å². The van der Waals surface area contributed by atoms with Crippen LogP contribution in [0.25, 0.3) is 11.3 Å². The number of methoxy groups -OCH3 is 2. The number of amides is 1. The highest BCUT2D eigenvalue weighted by atomic mass is 16.6. The molecule has 0 saturated carbocycles. The lowest BCUT2D eigenvalue weighted by atomic mass is 9.99. The fourth-order valence-electron chi connectivity index (χ4n) is 4.37. The Kier molecular flexibility index (Phi) is 7.05. The molecule has 1 aliphatic rings. The van der Waals surface area contributed by atoms with E-state index >= 15 is 0 Å². The summed E-state index contributed by atoms with van der Waals surface area (Å²) >= 11 is 0. The van der Waals surface area contributed by atoms with Crippen molar-refractivity contribution in [3.05, 3.63) is 68.8 Å². The molecule has 2 aromatic carbocycles. The van der Waals surface area contributed by atoms with Crippen LogP contribution in [0.3, 0.4) is 0 Å². The second kappa shape index (κ2) is 10.2. The number of aromatic nitrogens is 2. The number of ether oxygens (including phenoxy) is 2. The van der Waals surface area contributed by atoms with Crippen LogP contribution in [0.5, 0.6) is 11.5 Å². The van der Waals surface area contributed by atoms with Crippen molar-refractivity contribution in [1.82, 2.24) is 15.1 Å². The van der Waals surface area contributed by atoms with Gasteiger partial charge in [0.05, 0.1) is 30.9 Å². The Hall–Kier alpha value is -4.21. The molecular formula is C26H29N5O5. The fraction of sp³-hybridized carbons (Fsp3) is 0.346. The Morgan fingerprint density at radius 1 is 0.889 bits per heavy atom. The molecule has 1 aromatic heterocycles. The number of piperazine rings is 1. The number of hydrogen-bond donors (Lipinski definition) is 0. The highest BCUT2D eigenvalue weighted by molar-refractivity contribution is 5.99. The first-order chi connectivity index (χ1) is 17.2. The van der Waals surface area contributed by atoms with Gasteiger partial charge in [0.25, 0.3) is 11.6 Å². The molecule has 1 fully saturated rings. The van der Waals surface area contributed by atoms with Crippen molar-refractivity contribution in [2.75, 3.05) is 45.3 Å². The number of benzene rings is 2. The summed E-state index contributed by atoms with van der Waals surface area (Å²) in [5, 5.41) is 20.5. The first-order valence-electron chi connectivity index (χ1n) is 11.6. The molecule has 3 aromatic rings. The van der Waals surface area contributed by atoms with Crippen LogP contribution < -0.4 is 14.4 Å². The second-order valence-corrected chi connectivity index (χ2v) is 8.79. The van der Waals surface area contributed by atoms with Crippen LogP contribution in [0.4, 0.5) is 11.5 Å². The molecule has 0 atom stereocenters. The summed E-state index contributed by atoms with van der Waals surface area (Å²) in [6.45, 7) is 8.09. The first kappa shape index (κ1) is 24.9. The molecule has 10 heteroatoms. The lowest BCUT2D eigenvalue weighted by Gasteiger charge is -2.35. The van der Waals surface area contributed by atoms with Gasteiger partial charge >= 0.3 is 0 Å². The van der Waals surface area contributed by atoms with Crippen LogP contribution in [-0.2, 0) is 0 Å². The first-order valence-corrected chi connectivity index (χ1v) is 11.6. The molecular weight excluding hydrogens is 462 g/mol. The summed E-state index contributed by atoms with van der Waals surface area (Å²) in [6.07, 6.45) is 0. The average molecular weight is 492 g/mol. The van der Waals surface area contributed by atoms with E-state index in [-0.39, 0.29) is 22.7 Å². The van der Waals surface area contributed by atoms with E-state index in [2.05, 4.69) is 48.0 Å². The fourth-order valence-corrected chi connectivity index (χ4v) is 4.37. The Bertz CT molecular complexity index is 1300. The third-order valence-electron chi connectivity index (χ3n) is 6.59. The minimum Gasteiger partial charge on any atom is -0.493 e. The van der Waals surface area contributed by atoms with E-state index in [0.717, 1.165) is 22.6 Å². The number of hydrogen-bond acceptors (Lipinski definition) is 8. The van der Waals surface area contributed by atoms with Gasteiger partial charge in [0.2, 0.25) is 0 Å². The maximum atomic E-state index is 13.2. The summed E-state index contributed by atoms with van der Waals surface area (Å²) in [4.78, 5) is 27.9. The second-order valence-electron chi connectivity index (χ2n) is 8.79. The molecule has 0 radical (unpaired) electrons. The zero-order valence-electron chi connectivity index (χ0n) is 21.1. The summed E-state index contributed by atoms with van der Waals surface area (Å²) in [6, 6.07) is 10.8. The zero-order valence-corrected chi connectivity index (χ0v) is 21.1. The van der Waals surface area contributed by atoms with Gasteiger partial charge in [0.1, 0.15) is 5.56 Å². The standard InChI is InChI=1S/C26H29N5O5/c1-16-12-18(3)19(13-17(16)2)21-6-7-25(28-27-21)29-8-10-30(11-9-29)26(32)20-14-23(35-4)24(36-5)15-22(20)31(33)34/h6-7,12-15H,8-11H2,1-5H3. The molecule has 0 unspecified atom stereocenters. The van der Waals surface area contributed by atoms with Gasteiger partial charge in [-0.1, -0.05) is 6.07 Å². The Balaban J connectivity index is 1.48. The van der Waals surface area contributed by atoms with E-state index < -0.39 is 10.8 Å². The van der Waals surface area contributed by atoms with E-state index in [1.807, 2.05) is 12.1 Å². The molecule has 0 aliphatic carbocycles. The number of nitro groups is 1. The SMILES string of the molecule is COc1cc(C(=O)N2CCN(c3ccc(-c4cc(C)c(C)cc4C)nn3)CC2)c([N+](=O)[O-])cc1OC. The lowest BCUT2D eigenvalue weighted by molar-refractivity contribution is -0.385. The van der Waals surface area contributed by atoms with Crippen LogP contribution in [0.15, 0.2) is 36.4 Å². The van der Waals surface area contributed by atoms with Gasteiger partial charge in [-0.15, -0.1) is 10.2 Å². The molecule has 0 N–H and O–H groups in total. The number of carbonyl (C=O) groups is 1. The van der Waals surface area contributed by atoms with Gasteiger partial charge in [0, 0.05) is 37.8 Å². The normalized spacial score (nSPS) is 13.5. The lowest BCUT2D eigenvalue weighted by Crippen LogP contribution is -2.49. The number of anilines is 1. The van der Waals surface area contributed by atoms with E-state index in [0.29, 0.717) is 26.2 Å². The van der Waals surface area contributed by atoms with E-state index in [9.17, 15) is 14.9 Å². The molecule has 1 saturated heterocycles. The molecule has 0 spiro atoms. The minimum absolute atomic E-state index is 0.0287. The maximum Gasteiger partial charge on any atom is 0.286 e. The summed E-state index contributed by atoms with van der Waals surface area (Å²) < 4.78 is 10.4. The van der Waals surface area contributed by atoms with E-state index in [4.69, 9.17) is 9.47 Å². The summed E-state index contributed by atoms with van der Waals surface area (Å²) in [5.74, 6) is 0.765. The van der Waals surface area contributed by atoms with Gasteiger partial charge < -0.3 is 19.3 Å². The summed E-state index contributed by atoms with van der Waals surface area (Å²) in [7, 11) is 2.81. The number of rotatable bonds is 6. The van der Waals surface area contributed by atoms with Crippen molar-refractivity contribution in [1.29, 1.82) is 0 Å². The monoisotopic (exact) mass is 491 g/mol. The topological polar surface area (TPSA) is 111 Å². The molecule has 4 rings (SSSR count). The van der Waals surface area contributed by atoms with Crippen LogP contribution in [0.1, 0.15) is 27.0 Å². The summed E-state index contributed by atoms with van der Waals surface area (Å²) in [5.41, 5.74) is 5.13. The predicted octanol–water partition coefficient (Wildman–Crippen LogP) is 3.96. The highest BCUT2D eigenvalue weighted by Gasteiger charge is 2.30. The van der Waals surface area contributed by atoms with Gasteiger partial charge in [-0.3, -0.25) is 14.9 Å². The number of aryl methyl sites for hydroxylation is 3. The van der Waals surface area contributed by atoms with E-state index in [1.54, 1.807) is 4.90 Å². The van der Waals surface area contributed by atoms with Crippen LogP contribution in [0.2, 0.25) is 0 Å². The van der Waals surface area contributed by atoms with Crippen LogP contribution in [0, 0.1) is 30.9 Å². The van der Waals surface area contributed by atoms with Crippen molar-refractivity contribution in [2.45, 2.75) is 20.8 Å². The van der Waals surface area contributed by atoms with Gasteiger partial charge in [-0.2, -0.15) is 0 Å². The Morgan fingerprint density at radius 2 is 1.53 bits per heavy atom. The van der Waals surface area contributed by atoms with Crippen LogP contribution >= 0.6 is 0 Å². The number of nitro benzene ring substituents is 1. The maximum absolute atomic E-state index is 13.2. The third kappa shape index (κ3) is 4.79. The minimum atomic E-state index is -0.583. The molecule has 0 bridgehead atoms. The smallest absolute Gasteiger partial charge is 0.286 e. The average Bonchev–Trinajstić information content (AvgIpc) is 2.89. The number of nitrogens with zero attached hydrogens (tertiary/aromatic N) is 5. The van der Waals surface area contributed by atoms with Crippen LogP contribution in [-0.4, -0.2) is 66.3 Å². The van der Waals surface area contributed by atoms with Crippen molar-refractivity contribution in [3.63, 3.8) is 0 Å². The van der Waals surface area contributed by atoms with Gasteiger partial charge in [-0.25, -0.2) is 0 Å². The largest absolute Gasteiger partial charge is 0.493 e. The molecule has 188 valence electrons. The highest BCUT2D eigenvalue weighted by Crippen LogP contribution is 2.35. The van der Waals surface area contributed by atoms with Crippen molar-refractivity contribution >= 4 is 17.4 Å². The third-order valence-corrected chi connectivity index (χ3v) is 6.59. The van der Waals surface area contributed by atoms with Gasteiger partial charge in [0.15, 0.2) is 17.3 Å². The Morgan fingerprint density at radius 3 is 2.11 bits per heavy atom.